The van der Waals surface area contributed by atoms with E-state index in [1.165, 1.54) is 36.8 Å². The van der Waals surface area contributed by atoms with Crippen LogP contribution in [-0.4, -0.2) is 14.4 Å². The first-order valence-electron chi connectivity index (χ1n) is 13.0. The zero-order valence-electron chi connectivity index (χ0n) is 22.8. The number of rotatable bonds is 3. The monoisotopic (exact) mass is 454 g/mol. The van der Waals surface area contributed by atoms with E-state index in [9.17, 15) is 0 Å². The van der Waals surface area contributed by atoms with Gasteiger partial charge in [-0.3, -0.25) is 0 Å². The summed E-state index contributed by atoms with van der Waals surface area (Å²) in [6.45, 7) is 28.3. The summed E-state index contributed by atoms with van der Waals surface area (Å²) < 4.78 is 6.85. The van der Waals surface area contributed by atoms with Gasteiger partial charge in [0.15, 0.2) is 8.32 Å². The maximum absolute atomic E-state index is 6.85. The van der Waals surface area contributed by atoms with E-state index in [2.05, 4.69) is 93.3 Å². The van der Waals surface area contributed by atoms with Gasteiger partial charge >= 0.3 is 0 Å². The van der Waals surface area contributed by atoms with Crippen LogP contribution in [0, 0.1) is 22.7 Å². The van der Waals surface area contributed by atoms with Crippen molar-refractivity contribution in [1.82, 2.24) is 0 Å². The Morgan fingerprint density at radius 2 is 1.78 bits per heavy atom. The molecule has 0 aliphatic heterocycles. The highest BCUT2D eigenvalue weighted by Gasteiger charge is 2.47. The summed E-state index contributed by atoms with van der Waals surface area (Å²) >= 11 is 0. The minimum atomic E-state index is -1.76. The second kappa shape index (κ2) is 8.73. The molecule has 0 heterocycles. The molecule has 3 aliphatic carbocycles. The molecule has 0 N–H and O–H groups in total. The van der Waals surface area contributed by atoms with Gasteiger partial charge < -0.3 is 4.43 Å². The molecule has 32 heavy (non-hydrogen) atoms. The molecular formula is C30H50OSi. The zero-order chi connectivity index (χ0) is 24.1. The van der Waals surface area contributed by atoms with Gasteiger partial charge in [0, 0.05) is 6.10 Å². The van der Waals surface area contributed by atoms with E-state index in [1.54, 1.807) is 11.1 Å². The van der Waals surface area contributed by atoms with E-state index >= 15 is 0 Å². The lowest BCUT2D eigenvalue weighted by atomic mass is 9.60. The molecule has 2 saturated carbocycles. The summed E-state index contributed by atoms with van der Waals surface area (Å²) in [5, 5.41) is 0.253. The average Bonchev–Trinajstić information content (AvgIpc) is 3.00. The summed E-state index contributed by atoms with van der Waals surface area (Å²) in [7, 11) is -1.76. The van der Waals surface area contributed by atoms with Gasteiger partial charge in [0.1, 0.15) is 0 Å². The second-order valence-corrected chi connectivity index (χ2v) is 18.5. The average molecular weight is 455 g/mol. The van der Waals surface area contributed by atoms with Gasteiger partial charge in [-0.1, -0.05) is 91.3 Å². The number of allylic oxidation sites excluding steroid dienone is 6. The van der Waals surface area contributed by atoms with E-state index in [1.807, 2.05) is 0 Å². The quantitative estimate of drug-likeness (QED) is 0.305. The first-order valence-corrected chi connectivity index (χ1v) is 15.9. The maximum Gasteiger partial charge on any atom is 0.192 e. The molecule has 0 aromatic rings. The predicted octanol–water partition coefficient (Wildman–Crippen LogP) is 9.40. The van der Waals surface area contributed by atoms with Crippen molar-refractivity contribution in [2.45, 2.75) is 118 Å². The molecule has 0 bridgehead atoms. The van der Waals surface area contributed by atoms with Gasteiger partial charge in [0.25, 0.3) is 0 Å². The Labute approximate surface area is 200 Å². The predicted molar refractivity (Wildman–Crippen MR) is 143 cm³/mol. The molecule has 0 saturated heterocycles. The van der Waals surface area contributed by atoms with Crippen LogP contribution in [0.15, 0.2) is 47.1 Å². The number of hydrogen-bond acceptors (Lipinski definition) is 1. The molecular weight excluding hydrogens is 404 g/mol. The van der Waals surface area contributed by atoms with E-state index in [0.29, 0.717) is 23.4 Å². The maximum atomic E-state index is 6.85. The highest BCUT2D eigenvalue weighted by Crippen LogP contribution is 2.59. The molecule has 3 rings (SSSR count). The lowest BCUT2D eigenvalue weighted by Gasteiger charge is -2.44. The van der Waals surface area contributed by atoms with Crippen molar-refractivity contribution < 1.29 is 4.43 Å². The smallest absolute Gasteiger partial charge is 0.192 e. The first-order chi connectivity index (χ1) is 14.6. The molecule has 2 fully saturated rings. The van der Waals surface area contributed by atoms with Crippen LogP contribution in [0.3, 0.4) is 0 Å². The molecule has 0 spiro atoms. The van der Waals surface area contributed by atoms with Crippen LogP contribution in [0.2, 0.25) is 18.1 Å². The second-order valence-electron chi connectivity index (χ2n) is 13.7. The SMILES string of the molecule is C=C1/C(=C/C=C2\CCC[C@]3(C)C(C(C)(C)C)=CC[C@@H]23)CC(O[Si](C)(C)C(C)(C)C)C[C@@H]1C. The van der Waals surface area contributed by atoms with Crippen molar-refractivity contribution in [3.8, 4) is 0 Å². The summed E-state index contributed by atoms with van der Waals surface area (Å²) in [5.74, 6) is 1.18. The van der Waals surface area contributed by atoms with Crippen LogP contribution in [0.4, 0.5) is 0 Å². The lowest BCUT2D eigenvalue weighted by Crippen LogP contribution is -2.45. The highest BCUT2D eigenvalue weighted by molar-refractivity contribution is 6.74. The minimum absolute atomic E-state index is 0.253. The summed E-state index contributed by atoms with van der Waals surface area (Å²) in [5.41, 5.74) is 6.71. The van der Waals surface area contributed by atoms with Gasteiger partial charge in [-0.25, -0.2) is 0 Å². The fourth-order valence-electron chi connectivity index (χ4n) is 6.36. The number of fused-ring (bicyclic) bond motifs is 1. The third-order valence-electron chi connectivity index (χ3n) is 9.20. The topological polar surface area (TPSA) is 9.23 Å². The van der Waals surface area contributed by atoms with Crippen LogP contribution in [0.5, 0.6) is 0 Å². The van der Waals surface area contributed by atoms with Crippen molar-refractivity contribution in [2.75, 3.05) is 0 Å². The van der Waals surface area contributed by atoms with Crippen molar-refractivity contribution >= 4 is 8.32 Å². The van der Waals surface area contributed by atoms with Crippen LogP contribution in [0.25, 0.3) is 0 Å². The van der Waals surface area contributed by atoms with Crippen molar-refractivity contribution in [2.24, 2.45) is 22.7 Å². The molecule has 2 heteroatoms. The van der Waals surface area contributed by atoms with Gasteiger partial charge in [0.2, 0.25) is 0 Å². The Kier molecular flexibility index (Phi) is 7.03. The molecule has 0 amide bonds. The summed E-state index contributed by atoms with van der Waals surface area (Å²) in [6, 6.07) is 0. The van der Waals surface area contributed by atoms with Crippen molar-refractivity contribution in [3.05, 3.63) is 47.1 Å². The number of hydrogen-bond donors (Lipinski definition) is 0. The van der Waals surface area contributed by atoms with Crippen LogP contribution in [0.1, 0.15) is 93.9 Å². The van der Waals surface area contributed by atoms with Gasteiger partial charge in [-0.15, -0.1) is 0 Å². The fraction of sp³-hybridized carbons (Fsp3) is 0.733. The van der Waals surface area contributed by atoms with Gasteiger partial charge in [0.05, 0.1) is 0 Å². The van der Waals surface area contributed by atoms with Crippen molar-refractivity contribution in [3.63, 3.8) is 0 Å². The molecule has 0 aromatic heterocycles. The van der Waals surface area contributed by atoms with Gasteiger partial charge in [-0.2, -0.15) is 0 Å². The Balaban J connectivity index is 1.82. The Morgan fingerprint density at radius 3 is 2.38 bits per heavy atom. The molecule has 4 atom stereocenters. The first kappa shape index (κ1) is 25.8. The Bertz CT molecular complexity index is 826. The van der Waals surface area contributed by atoms with Crippen LogP contribution >= 0.6 is 0 Å². The van der Waals surface area contributed by atoms with Gasteiger partial charge in [-0.05, 0) is 90.5 Å². The third kappa shape index (κ3) is 4.97. The lowest BCUT2D eigenvalue weighted by molar-refractivity contribution is 0.149. The molecule has 180 valence electrons. The van der Waals surface area contributed by atoms with E-state index in [0.717, 1.165) is 12.8 Å². The standard InChI is InChI=1S/C30H50OSi/c1-21-19-25(31-32(10,11)29(6,7)8)20-24(22(21)2)15-14-23-13-12-18-30(9)26(23)16-17-27(30)28(3,4)5/h14-15,17,21,25-26H,2,12-13,16,18-20H2,1,3-11H3/b23-14+,24-15+/t21-,25?,26-,30-/m0/s1. The minimum Gasteiger partial charge on any atom is -0.414 e. The molecule has 0 aromatic carbocycles. The molecule has 3 aliphatic rings. The van der Waals surface area contributed by atoms with Crippen LogP contribution < -0.4 is 0 Å². The summed E-state index contributed by atoms with van der Waals surface area (Å²) in [4.78, 5) is 0. The Hall–Kier alpha value is -0.863. The van der Waals surface area contributed by atoms with E-state index in [4.69, 9.17) is 4.43 Å². The Morgan fingerprint density at radius 1 is 1.12 bits per heavy atom. The summed E-state index contributed by atoms with van der Waals surface area (Å²) in [6.07, 6.45) is 15.1. The van der Waals surface area contributed by atoms with Crippen LogP contribution in [-0.2, 0) is 4.43 Å². The third-order valence-corrected chi connectivity index (χ3v) is 13.7. The van der Waals surface area contributed by atoms with E-state index < -0.39 is 8.32 Å². The van der Waals surface area contributed by atoms with Crippen molar-refractivity contribution in [1.29, 1.82) is 0 Å². The molecule has 1 nitrogen and oxygen atoms in total. The molecule has 1 unspecified atom stereocenters. The molecule has 0 radical (unpaired) electrons. The normalized spacial score (nSPS) is 34.8. The largest absolute Gasteiger partial charge is 0.414 e. The van der Waals surface area contributed by atoms with E-state index in [-0.39, 0.29) is 10.5 Å². The fourth-order valence-corrected chi connectivity index (χ4v) is 7.73. The highest BCUT2D eigenvalue weighted by atomic mass is 28.4. The zero-order valence-corrected chi connectivity index (χ0v) is 23.8.